The predicted molar refractivity (Wildman–Crippen MR) is 62.6 cm³/mol. The average molecular weight is 198 g/mol. The number of nitrogens with one attached hydrogen (secondary N) is 1. The molecule has 0 aromatic carbocycles. The Balaban J connectivity index is 2.28. The van der Waals surface area contributed by atoms with Gasteiger partial charge in [-0.2, -0.15) is 0 Å². The normalized spacial score (nSPS) is 30.6. The number of hydrogen-bond acceptors (Lipinski definition) is 2. The highest BCUT2D eigenvalue weighted by atomic mass is 15.1. The SMILES string of the molecule is CCC(C)N(C)CC1CCNC(C)C1. The highest BCUT2D eigenvalue weighted by Crippen LogP contribution is 2.18. The van der Waals surface area contributed by atoms with Crippen molar-refractivity contribution in [3.05, 3.63) is 0 Å². The van der Waals surface area contributed by atoms with E-state index in [4.69, 9.17) is 0 Å². The first kappa shape index (κ1) is 12.0. The van der Waals surface area contributed by atoms with Crippen molar-refractivity contribution in [1.29, 1.82) is 0 Å². The summed E-state index contributed by atoms with van der Waals surface area (Å²) in [4.78, 5) is 2.52. The molecular weight excluding hydrogens is 172 g/mol. The van der Waals surface area contributed by atoms with E-state index >= 15 is 0 Å². The van der Waals surface area contributed by atoms with Crippen LogP contribution in [0.2, 0.25) is 0 Å². The van der Waals surface area contributed by atoms with Crippen molar-refractivity contribution in [3.63, 3.8) is 0 Å². The van der Waals surface area contributed by atoms with Crippen molar-refractivity contribution in [2.45, 2.75) is 52.1 Å². The lowest BCUT2D eigenvalue weighted by Gasteiger charge is -2.33. The Labute approximate surface area is 89.1 Å². The van der Waals surface area contributed by atoms with Crippen LogP contribution < -0.4 is 5.32 Å². The topological polar surface area (TPSA) is 15.3 Å². The molecule has 2 heteroatoms. The van der Waals surface area contributed by atoms with Crippen molar-refractivity contribution < 1.29 is 0 Å². The number of piperidine rings is 1. The van der Waals surface area contributed by atoms with E-state index in [1.54, 1.807) is 0 Å². The largest absolute Gasteiger partial charge is 0.314 e. The summed E-state index contributed by atoms with van der Waals surface area (Å²) in [5, 5.41) is 3.51. The fourth-order valence-corrected chi connectivity index (χ4v) is 2.30. The van der Waals surface area contributed by atoms with Crippen molar-refractivity contribution in [2.24, 2.45) is 5.92 Å². The molecule has 1 aliphatic heterocycles. The molecule has 1 N–H and O–H groups in total. The maximum Gasteiger partial charge on any atom is 0.00613 e. The molecule has 0 radical (unpaired) electrons. The zero-order valence-electron chi connectivity index (χ0n) is 10.2. The van der Waals surface area contributed by atoms with Gasteiger partial charge in [-0.25, -0.2) is 0 Å². The van der Waals surface area contributed by atoms with Gasteiger partial charge in [0.1, 0.15) is 0 Å². The number of nitrogens with zero attached hydrogens (tertiary/aromatic N) is 1. The fourth-order valence-electron chi connectivity index (χ4n) is 2.30. The average Bonchev–Trinajstić information content (AvgIpc) is 2.16. The summed E-state index contributed by atoms with van der Waals surface area (Å²) in [6, 6.07) is 1.46. The molecule has 0 aromatic heterocycles. The van der Waals surface area contributed by atoms with E-state index in [-0.39, 0.29) is 0 Å². The second kappa shape index (κ2) is 5.72. The Morgan fingerprint density at radius 1 is 1.50 bits per heavy atom. The summed E-state index contributed by atoms with van der Waals surface area (Å²) in [6.07, 6.45) is 3.96. The van der Waals surface area contributed by atoms with Crippen LogP contribution >= 0.6 is 0 Å². The van der Waals surface area contributed by atoms with Gasteiger partial charge in [-0.1, -0.05) is 6.92 Å². The van der Waals surface area contributed by atoms with Gasteiger partial charge >= 0.3 is 0 Å². The molecule has 3 atom stereocenters. The standard InChI is InChI=1S/C12H26N2/c1-5-11(3)14(4)9-12-6-7-13-10(2)8-12/h10-13H,5-9H2,1-4H3. The third-order valence-corrected chi connectivity index (χ3v) is 3.62. The van der Waals surface area contributed by atoms with Crippen LogP contribution in [0, 0.1) is 5.92 Å². The first-order valence-corrected chi connectivity index (χ1v) is 6.07. The summed E-state index contributed by atoms with van der Waals surface area (Å²) >= 11 is 0. The molecular formula is C12H26N2. The fraction of sp³-hybridized carbons (Fsp3) is 1.00. The molecule has 1 rings (SSSR count). The second-order valence-corrected chi connectivity index (χ2v) is 4.94. The van der Waals surface area contributed by atoms with Crippen molar-refractivity contribution in [2.75, 3.05) is 20.1 Å². The minimum absolute atomic E-state index is 0.721. The van der Waals surface area contributed by atoms with Crippen LogP contribution in [0.25, 0.3) is 0 Å². The summed E-state index contributed by atoms with van der Waals surface area (Å²) in [6.45, 7) is 9.38. The van der Waals surface area contributed by atoms with Crippen LogP contribution in [0.1, 0.15) is 40.0 Å². The van der Waals surface area contributed by atoms with E-state index in [2.05, 4.69) is 38.0 Å². The minimum atomic E-state index is 0.721. The van der Waals surface area contributed by atoms with Crippen LogP contribution in [0.3, 0.4) is 0 Å². The summed E-state index contributed by atoms with van der Waals surface area (Å²) < 4.78 is 0. The Morgan fingerprint density at radius 3 is 2.79 bits per heavy atom. The Bertz CT molecular complexity index is 158. The minimum Gasteiger partial charge on any atom is -0.314 e. The van der Waals surface area contributed by atoms with Crippen LogP contribution in [0.4, 0.5) is 0 Å². The van der Waals surface area contributed by atoms with Crippen LogP contribution in [-0.2, 0) is 0 Å². The van der Waals surface area contributed by atoms with E-state index in [9.17, 15) is 0 Å². The lowest BCUT2D eigenvalue weighted by atomic mass is 9.92. The van der Waals surface area contributed by atoms with Gasteiger partial charge in [-0.3, -0.25) is 0 Å². The molecule has 1 saturated heterocycles. The van der Waals surface area contributed by atoms with Gasteiger partial charge in [0.25, 0.3) is 0 Å². The van der Waals surface area contributed by atoms with E-state index < -0.39 is 0 Å². The monoisotopic (exact) mass is 198 g/mol. The first-order valence-electron chi connectivity index (χ1n) is 6.07. The lowest BCUT2D eigenvalue weighted by Crippen LogP contribution is -2.41. The molecule has 0 saturated carbocycles. The van der Waals surface area contributed by atoms with Gasteiger partial charge < -0.3 is 10.2 Å². The van der Waals surface area contributed by atoms with Crippen molar-refractivity contribution >= 4 is 0 Å². The van der Waals surface area contributed by atoms with Crippen LogP contribution in [0.5, 0.6) is 0 Å². The molecule has 0 aliphatic carbocycles. The Kier molecular flexibility index (Phi) is 4.90. The third kappa shape index (κ3) is 3.58. The van der Waals surface area contributed by atoms with E-state index in [0.717, 1.165) is 18.0 Å². The zero-order valence-corrected chi connectivity index (χ0v) is 10.2. The molecule has 84 valence electrons. The molecule has 3 unspecified atom stereocenters. The summed E-state index contributed by atoms with van der Waals surface area (Å²) in [7, 11) is 2.26. The predicted octanol–water partition coefficient (Wildman–Crippen LogP) is 2.10. The van der Waals surface area contributed by atoms with Crippen molar-refractivity contribution in [3.8, 4) is 0 Å². The molecule has 0 amide bonds. The van der Waals surface area contributed by atoms with Crippen LogP contribution in [-0.4, -0.2) is 37.1 Å². The quantitative estimate of drug-likeness (QED) is 0.744. The Hall–Kier alpha value is -0.0800. The molecule has 1 aliphatic rings. The molecule has 14 heavy (non-hydrogen) atoms. The number of hydrogen-bond donors (Lipinski definition) is 1. The zero-order chi connectivity index (χ0) is 10.6. The maximum atomic E-state index is 3.51. The maximum absolute atomic E-state index is 3.51. The molecule has 0 spiro atoms. The van der Waals surface area contributed by atoms with Gasteiger partial charge in [-0.15, -0.1) is 0 Å². The highest BCUT2D eigenvalue weighted by Gasteiger charge is 2.20. The van der Waals surface area contributed by atoms with E-state index in [1.165, 1.54) is 32.4 Å². The van der Waals surface area contributed by atoms with E-state index in [1.807, 2.05) is 0 Å². The van der Waals surface area contributed by atoms with Gasteiger partial charge in [0.15, 0.2) is 0 Å². The Morgan fingerprint density at radius 2 is 2.21 bits per heavy atom. The molecule has 1 heterocycles. The smallest absolute Gasteiger partial charge is 0.00613 e. The van der Waals surface area contributed by atoms with Gasteiger partial charge in [0.05, 0.1) is 0 Å². The molecule has 1 fully saturated rings. The van der Waals surface area contributed by atoms with Gasteiger partial charge in [0, 0.05) is 18.6 Å². The van der Waals surface area contributed by atoms with Gasteiger partial charge in [-0.05, 0) is 52.6 Å². The van der Waals surface area contributed by atoms with E-state index in [0.29, 0.717) is 0 Å². The van der Waals surface area contributed by atoms with Gasteiger partial charge in [0.2, 0.25) is 0 Å². The number of rotatable bonds is 4. The second-order valence-electron chi connectivity index (χ2n) is 4.94. The molecule has 0 bridgehead atoms. The first-order chi connectivity index (χ1) is 6.63. The molecule has 0 aromatic rings. The van der Waals surface area contributed by atoms with Crippen LogP contribution in [0.15, 0.2) is 0 Å². The molecule has 2 nitrogen and oxygen atoms in total. The summed E-state index contributed by atoms with van der Waals surface area (Å²) in [5.41, 5.74) is 0. The van der Waals surface area contributed by atoms with Crippen molar-refractivity contribution in [1.82, 2.24) is 10.2 Å². The summed E-state index contributed by atoms with van der Waals surface area (Å²) in [5.74, 6) is 0.908. The lowest BCUT2D eigenvalue weighted by molar-refractivity contribution is 0.180. The third-order valence-electron chi connectivity index (χ3n) is 3.62. The highest BCUT2D eigenvalue weighted by molar-refractivity contribution is 4.77.